The number of hydrogen-bond donors (Lipinski definition) is 1. The third-order valence-electron chi connectivity index (χ3n) is 1.44. The van der Waals surface area contributed by atoms with Crippen LogP contribution < -0.4 is 0 Å². The molecule has 1 aromatic heterocycles. The summed E-state index contributed by atoms with van der Waals surface area (Å²) in [5, 5.41) is 3.21. The molecule has 1 heterocycles. The molecule has 0 aliphatic rings. The van der Waals surface area contributed by atoms with Gasteiger partial charge >= 0.3 is 0 Å². The Kier molecular flexibility index (Phi) is 1.29. The molecule has 11 heavy (non-hydrogen) atoms. The second-order valence-corrected chi connectivity index (χ2v) is 2.58. The first-order valence-corrected chi connectivity index (χ1v) is 3.45. The zero-order chi connectivity index (χ0) is 7.84. The van der Waals surface area contributed by atoms with Crippen molar-refractivity contribution < 1.29 is 8.91 Å². The minimum Gasteiger partial charge on any atom is -0.380 e. The van der Waals surface area contributed by atoms with Gasteiger partial charge in [-0.25, -0.2) is 9.55 Å². The Morgan fingerprint density at radius 2 is 2.27 bits per heavy atom. The smallest absolute Gasteiger partial charge is 0.168 e. The summed E-state index contributed by atoms with van der Waals surface area (Å²) in [5.74, 6) is -0.324. The highest BCUT2D eigenvalue weighted by Gasteiger charge is 2.00. The predicted molar refractivity (Wildman–Crippen MR) is 41.4 cm³/mol. The molecule has 2 aromatic rings. The molecular formula is C7H4FNOS. The zero-order valence-electron chi connectivity index (χ0n) is 5.43. The molecule has 0 atom stereocenters. The van der Waals surface area contributed by atoms with Crippen molar-refractivity contribution in [3.63, 3.8) is 0 Å². The van der Waals surface area contributed by atoms with Crippen LogP contribution in [0.5, 0.6) is 0 Å². The molecule has 0 spiro atoms. The highest BCUT2D eigenvalue weighted by Crippen LogP contribution is 2.15. The Morgan fingerprint density at radius 3 is 3.09 bits per heavy atom. The number of nitrogens with one attached hydrogen (secondary N) is 1. The summed E-state index contributed by atoms with van der Waals surface area (Å²) in [6.45, 7) is 0. The number of benzene rings is 1. The molecule has 0 amide bonds. The van der Waals surface area contributed by atoms with Crippen molar-refractivity contribution in [1.29, 1.82) is 0 Å². The van der Waals surface area contributed by atoms with Crippen LogP contribution in [0.25, 0.3) is 11.0 Å². The first-order valence-electron chi connectivity index (χ1n) is 3.04. The summed E-state index contributed by atoms with van der Waals surface area (Å²) in [6.07, 6.45) is 0. The molecule has 0 aliphatic heterocycles. The normalized spacial score (nSPS) is 10.6. The van der Waals surface area contributed by atoms with E-state index in [0.29, 0.717) is 10.2 Å². The van der Waals surface area contributed by atoms with Crippen LogP contribution >= 0.6 is 12.2 Å². The second kappa shape index (κ2) is 2.17. The van der Waals surface area contributed by atoms with E-state index in [9.17, 15) is 4.39 Å². The average Bonchev–Trinajstić information content (AvgIpc) is 2.32. The maximum absolute atomic E-state index is 12.5. The van der Waals surface area contributed by atoms with Crippen molar-refractivity contribution in [3.8, 4) is 0 Å². The highest BCUT2D eigenvalue weighted by atomic mass is 32.1. The second-order valence-electron chi connectivity index (χ2n) is 2.17. The molecule has 0 bridgehead atoms. The number of aromatic amines is 1. The van der Waals surface area contributed by atoms with Gasteiger partial charge in [-0.1, -0.05) is 12.2 Å². The fourth-order valence-corrected chi connectivity index (χ4v) is 1.13. The molecule has 2 rings (SSSR count). The van der Waals surface area contributed by atoms with Crippen LogP contribution in [0.3, 0.4) is 0 Å². The van der Waals surface area contributed by atoms with Gasteiger partial charge in [0.2, 0.25) is 0 Å². The van der Waals surface area contributed by atoms with Gasteiger partial charge in [0.05, 0.1) is 5.39 Å². The van der Waals surface area contributed by atoms with Crippen molar-refractivity contribution in [2.45, 2.75) is 0 Å². The van der Waals surface area contributed by atoms with E-state index in [1.807, 2.05) is 0 Å². The summed E-state index contributed by atoms with van der Waals surface area (Å²) in [5.41, 5.74) is 0.454. The summed E-state index contributed by atoms with van der Waals surface area (Å²) in [6, 6.07) is 4.23. The van der Waals surface area contributed by atoms with Crippen LogP contribution in [0.4, 0.5) is 4.39 Å². The van der Waals surface area contributed by atoms with Crippen molar-refractivity contribution in [1.82, 2.24) is 5.16 Å². The Bertz CT molecular complexity index is 445. The summed E-state index contributed by atoms with van der Waals surface area (Å²) >= 11 is 4.86. The summed E-state index contributed by atoms with van der Waals surface area (Å²) in [4.78, 5) is 0. The van der Waals surface area contributed by atoms with Gasteiger partial charge in [0.25, 0.3) is 0 Å². The van der Waals surface area contributed by atoms with Crippen LogP contribution in [0.15, 0.2) is 22.7 Å². The Morgan fingerprint density at radius 1 is 1.45 bits per heavy atom. The third-order valence-corrected chi connectivity index (χ3v) is 1.75. The highest BCUT2D eigenvalue weighted by molar-refractivity contribution is 7.71. The van der Waals surface area contributed by atoms with Crippen LogP contribution in [-0.2, 0) is 0 Å². The monoisotopic (exact) mass is 169 g/mol. The van der Waals surface area contributed by atoms with Crippen molar-refractivity contribution >= 4 is 23.2 Å². The predicted octanol–water partition coefficient (Wildman–Crippen LogP) is 2.63. The number of fused-ring (bicyclic) bond motifs is 1. The Balaban J connectivity index is 2.97. The molecule has 0 aliphatic carbocycles. The van der Waals surface area contributed by atoms with Crippen LogP contribution in [-0.4, -0.2) is 5.16 Å². The topological polar surface area (TPSA) is 28.9 Å². The van der Waals surface area contributed by atoms with Crippen LogP contribution in [0, 0.1) is 10.5 Å². The molecule has 0 saturated heterocycles. The summed E-state index contributed by atoms with van der Waals surface area (Å²) in [7, 11) is 0. The van der Waals surface area contributed by atoms with Gasteiger partial charge in [0, 0.05) is 6.07 Å². The minimum absolute atomic E-state index is 0.324. The Hall–Kier alpha value is -1.16. The van der Waals surface area contributed by atoms with Gasteiger partial charge < -0.3 is 4.52 Å². The van der Waals surface area contributed by atoms with Gasteiger partial charge in [-0.3, -0.25) is 0 Å². The van der Waals surface area contributed by atoms with Gasteiger partial charge in [0.15, 0.2) is 5.58 Å². The van der Waals surface area contributed by atoms with E-state index in [1.165, 1.54) is 12.1 Å². The third kappa shape index (κ3) is 0.952. The molecule has 0 saturated carbocycles. The maximum Gasteiger partial charge on any atom is 0.168 e. The van der Waals surface area contributed by atoms with Gasteiger partial charge in [-0.05, 0) is 12.1 Å². The SMILES string of the molecule is Fc1ccc2c(=S)[nH]oc2c1. The van der Waals surface area contributed by atoms with Crippen molar-refractivity contribution in [2.75, 3.05) is 0 Å². The van der Waals surface area contributed by atoms with E-state index in [4.69, 9.17) is 16.7 Å². The molecule has 0 radical (unpaired) electrons. The van der Waals surface area contributed by atoms with E-state index in [1.54, 1.807) is 6.07 Å². The van der Waals surface area contributed by atoms with Crippen LogP contribution in [0.2, 0.25) is 0 Å². The largest absolute Gasteiger partial charge is 0.380 e. The number of hydrogen-bond acceptors (Lipinski definition) is 2. The summed E-state index contributed by atoms with van der Waals surface area (Å²) < 4.78 is 17.9. The zero-order valence-corrected chi connectivity index (χ0v) is 6.24. The van der Waals surface area contributed by atoms with E-state index in [0.717, 1.165) is 5.39 Å². The quantitative estimate of drug-likeness (QED) is 0.614. The molecule has 4 heteroatoms. The molecule has 2 nitrogen and oxygen atoms in total. The minimum atomic E-state index is -0.324. The lowest BCUT2D eigenvalue weighted by molar-refractivity contribution is 0.452. The fourth-order valence-electron chi connectivity index (χ4n) is 0.925. The molecule has 0 unspecified atom stereocenters. The lowest BCUT2D eigenvalue weighted by Gasteiger charge is -1.84. The number of rotatable bonds is 0. The lowest BCUT2D eigenvalue weighted by atomic mass is 10.3. The van der Waals surface area contributed by atoms with Gasteiger partial charge in [-0.2, -0.15) is 0 Å². The maximum atomic E-state index is 12.5. The van der Waals surface area contributed by atoms with E-state index < -0.39 is 0 Å². The molecule has 56 valence electrons. The molecule has 0 fully saturated rings. The first-order chi connectivity index (χ1) is 5.27. The van der Waals surface area contributed by atoms with Gasteiger partial charge in [0.1, 0.15) is 10.5 Å². The average molecular weight is 169 g/mol. The van der Waals surface area contributed by atoms with E-state index in [-0.39, 0.29) is 5.82 Å². The number of aromatic nitrogens is 1. The number of halogens is 1. The molecular weight excluding hydrogens is 165 g/mol. The first kappa shape index (κ1) is 6.54. The van der Waals surface area contributed by atoms with E-state index in [2.05, 4.69) is 5.16 Å². The molecule has 1 N–H and O–H groups in total. The molecule has 1 aromatic carbocycles. The van der Waals surface area contributed by atoms with Crippen molar-refractivity contribution in [3.05, 3.63) is 28.7 Å². The standard InChI is InChI=1S/C7H4FNOS/c8-4-1-2-5-6(3-4)10-9-7(5)11/h1-3H,(H,9,11). The van der Waals surface area contributed by atoms with Crippen LogP contribution in [0.1, 0.15) is 0 Å². The fraction of sp³-hybridized carbons (Fsp3) is 0. The van der Waals surface area contributed by atoms with Crippen molar-refractivity contribution in [2.24, 2.45) is 0 Å². The lowest BCUT2D eigenvalue weighted by Crippen LogP contribution is -1.69. The van der Waals surface area contributed by atoms with Gasteiger partial charge in [-0.15, -0.1) is 0 Å². The van der Waals surface area contributed by atoms with E-state index >= 15 is 0 Å². The number of H-pyrrole nitrogens is 1. The Labute approximate surface area is 66.6 Å².